The lowest BCUT2D eigenvalue weighted by Gasteiger charge is -2.02. The molecule has 0 aromatic heterocycles. The van der Waals surface area contributed by atoms with Crippen molar-refractivity contribution in [3.05, 3.63) is 65.2 Å². The molecule has 2 aromatic carbocycles. The van der Waals surface area contributed by atoms with E-state index in [0.717, 1.165) is 14.0 Å². The summed E-state index contributed by atoms with van der Waals surface area (Å²) in [7, 11) is 3.84. The van der Waals surface area contributed by atoms with E-state index in [1.165, 1.54) is 67.8 Å². The van der Waals surface area contributed by atoms with Crippen LogP contribution in [0, 0.1) is 0 Å². The Balaban J connectivity index is 1.82. The maximum atomic E-state index is 4.60. The smallest absolute Gasteiger partial charge is 0.0630 e. The fourth-order valence-electron chi connectivity index (χ4n) is 2.80. The summed E-state index contributed by atoms with van der Waals surface area (Å²) in [4.78, 5) is 4.60. The van der Waals surface area contributed by atoms with Gasteiger partial charge in [0, 0.05) is 6.21 Å². The van der Waals surface area contributed by atoms with Gasteiger partial charge in [-0.15, -0.1) is 17.2 Å². The topological polar surface area (TPSA) is 12.4 Å². The molecule has 2 aromatic rings. The molecule has 0 heterocycles. The average molecular weight is 371 g/mol. The molecule has 0 saturated carbocycles. The number of rotatable bonds is 11. The summed E-state index contributed by atoms with van der Waals surface area (Å²) >= 11 is 0. The standard InChI is InChI=1S/C22H31NP2/c1-2-3-4-7-20-13-15-22(16-14-20)23-18-21-11-9-19(10-12-21)8-5-6-17-25-24/h9-16,18,25H,2-8,17,24H2,1H3. The van der Waals surface area contributed by atoms with Crippen LogP contribution in [0.1, 0.15) is 55.7 Å². The predicted octanol–water partition coefficient (Wildman–Crippen LogP) is 6.96. The number of hydrogen-bond acceptors (Lipinski definition) is 1. The minimum atomic E-state index is 1.01. The van der Waals surface area contributed by atoms with Gasteiger partial charge < -0.3 is 0 Å². The molecule has 0 saturated heterocycles. The van der Waals surface area contributed by atoms with Gasteiger partial charge in [0.05, 0.1) is 5.69 Å². The fourth-order valence-corrected chi connectivity index (χ4v) is 3.87. The van der Waals surface area contributed by atoms with E-state index in [1.807, 2.05) is 6.21 Å². The first-order chi connectivity index (χ1) is 12.3. The second-order valence-electron chi connectivity index (χ2n) is 6.53. The van der Waals surface area contributed by atoms with Crippen molar-refractivity contribution in [2.45, 2.75) is 51.9 Å². The van der Waals surface area contributed by atoms with Gasteiger partial charge in [0.1, 0.15) is 0 Å². The average Bonchev–Trinajstić information content (AvgIpc) is 2.66. The summed E-state index contributed by atoms with van der Waals surface area (Å²) in [5, 5.41) is 0. The third kappa shape index (κ3) is 8.26. The molecule has 2 atom stereocenters. The largest absolute Gasteiger partial charge is 0.256 e. The van der Waals surface area contributed by atoms with Crippen molar-refractivity contribution in [2.75, 3.05) is 6.16 Å². The molecule has 0 bridgehead atoms. The van der Waals surface area contributed by atoms with E-state index in [4.69, 9.17) is 0 Å². The number of nitrogens with zero attached hydrogens (tertiary/aromatic N) is 1. The molecule has 3 heteroatoms. The van der Waals surface area contributed by atoms with Crippen LogP contribution in [0.25, 0.3) is 0 Å². The lowest BCUT2D eigenvalue weighted by Crippen LogP contribution is -1.88. The highest BCUT2D eigenvalue weighted by atomic mass is 32.0. The summed E-state index contributed by atoms with van der Waals surface area (Å²) in [6.07, 6.45) is 12.2. The first-order valence-electron chi connectivity index (χ1n) is 9.47. The number of benzene rings is 2. The molecular formula is C22H31NP2. The van der Waals surface area contributed by atoms with E-state index in [2.05, 4.69) is 69.4 Å². The molecule has 0 spiro atoms. The molecule has 0 aliphatic carbocycles. The molecule has 1 nitrogen and oxygen atoms in total. The van der Waals surface area contributed by atoms with Crippen molar-refractivity contribution in [3.63, 3.8) is 0 Å². The molecule has 0 radical (unpaired) electrons. The van der Waals surface area contributed by atoms with Gasteiger partial charge in [-0.1, -0.05) is 56.2 Å². The molecule has 0 aliphatic rings. The van der Waals surface area contributed by atoms with Crippen molar-refractivity contribution in [2.24, 2.45) is 4.99 Å². The van der Waals surface area contributed by atoms with E-state index in [1.54, 1.807) is 0 Å². The van der Waals surface area contributed by atoms with Gasteiger partial charge in [0.2, 0.25) is 0 Å². The number of aryl methyl sites for hydroxylation is 2. The fraction of sp³-hybridized carbons (Fsp3) is 0.409. The normalized spacial score (nSPS) is 11.8. The quantitative estimate of drug-likeness (QED) is 0.230. The summed E-state index contributed by atoms with van der Waals surface area (Å²) in [5.74, 6) is 0. The minimum Gasteiger partial charge on any atom is -0.256 e. The Kier molecular flexibility index (Phi) is 10.0. The minimum absolute atomic E-state index is 1.01. The summed E-state index contributed by atoms with van der Waals surface area (Å²) in [6.45, 7) is 2.25. The summed E-state index contributed by atoms with van der Waals surface area (Å²) in [5.41, 5.74) is 5.04. The summed E-state index contributed by atoms with van der Waals surface area (Å²) < 4.78 is 0. The van der Waals surface area contributed by atoms with E-state index in [0.29, 0.717) is 0 Å². The van der Waals surface area contributed by atoms with Crippen LogP contribution in [-0.2, 0) is 12.8 Å². The van der Waals surface area contributed by atoms with Gasteiger partial charge >= 0.3 is 0 Å². The highest BCUT2D eigenvalue weighted by Gasteiger charge is 1.96. The number of hydrogen-bond donors (Lipinski definition) is 0. The van der Waals surface area contributed by atoms with Gasteiger partial charge in [-0.3, -0.25) is 4.99 Å². The van der Waals surface area contributed by atoms with Gasteiger partial charge in [-0.2, -0.15) is 0 Å². The molecule has 134 valence electrons. The number of unbranched alkanes of at least 4 members (excludes halogenated alkanes) is 3. The Morgan fingerprint density at radius 1 is 0.840 bits per heavy atom. The van der Waals surface area contributed by atoms with Crippen LogP contribution >= 0.6 is 17.2 Å². The Morgan fingerprint density at radius 2 is 1.44 bits per heavy atom. The van der Waals surface area contributed by atoms with Crippen molar-refractivity contribution in [1.82, 2.24) is 0 Å². The first kappa shape index (κ1) is 20.3. The molecule has 0 amide bonds. The first-order valence-corrected chi connectivity index (χ1v) is 12.5. The van der Waals surface area contributed by atoms with Gasteiger partial charge in [0.25, 0.3) is 0 Å². The maximum absolute atomic E-state index is 4.60. The van der Waals surface area contributed by atoms with Gasteiger partial charge in [0.15, 0.2) is 0 Å². The molecule has 2 rings (SSSR count). The molecule has 25 heavy (non-hydrogen) atoms. The molecular weight excluding hydrogens is 340 g/mol. The molecule has 0 fully saturated rings. The lowest BCUT2D eigenvalue weighted by atomic mass is 10.1. The number of aliphatic imine (C=N–C) groups is 1. The van der Waals surface area contributed by atoms with Crippen molar-refractivity contribution in [1.29, 1.82) is 0 Å². The predicted molar refractivity (Wildman–Crippen MR) is 119 cm³/mol. The van der Waals surface area contributed by atoms with E-state index in [9.17, 15) is 0 Å². The van der Waals surface area contributed by atoms with Gasteiger partial charge in [-0.05, 0) is 67.1 Å². The van der Waals surface area contributed by atoms with Crippen LogP contribution in [0.5, 0.6) is 0 Å². The van der Waals surface area contributed by atoms with E-state index < -0.39 is 0 Å². The third-order valence-corrected chi connectivity index (χ3v) is 5.89. The Morgan fingerprint density at radius 3 is 2.04 bits per heavy atom. The third-order valence-electron chi connectivity index (χ3n) is 4.38. The molecule has 2 unspecified atom stereocenters. The van der Waals surface area contributed by atoms with Crippen molar-refractivity contribution < 1.29 is 0 Å². The highest BCUT2D eigenvalue weighted by molar-refractivity contribution is 8.02. The van der Waals surface area contributed by atoms with Crippen LogP contribution in [0.2, 0.25) is 0 Å². The van der Waals surface area contributed by atoms with E-state index >= 15 is 0 Å². The zero-order valence-corrected chi connectivity index (χ0v) is 17.5. The lowest BCUT2D eigenvalue weighted by molar-refractivity contribution is 0.717. The van der Waals surface area contributed by atoms with Crippen LogP contribution in [0.4, 0.5) is 5.69 Å². The van der Waals surface area contributed by atoms with Crippen LogP contribution in [-0.4, -0.2) is 12.4 Å². The van der Waals surface area contributed by atoms with Crippen LogP contribution in [0.15, 0.2) is 53.5 Å². The van der Waals surface area contributed by atoms with Crippen LogP contribution in [0.3, 0.4) is 0 Å². The summed E-state index contributed by atoms with van der Waals surface area (Å²) in [6, 6.07) is 17.5. The Hall–Kier alpha value is -1.03. The zero-order valence-electron chi connectivity index (χ0n) is 15.4. The molecule has 0 N–H and O–H groups in total. The zero-order chi connectivity index (χ0) is 17.7. The highest BCUT2D eigenvalue weighted by Crippen LogP contribution is 2.21. The Bertz CT molecular complexity index is 617. The maximum Gasteiger partial charge on any atom is 0.0630 e. The SMILES string of the molecule is CCCCCc1ccc(N=Cc2ccc(CCCCPP)cc2)cc1. The van der Waals surface area contributed by atoms with E-state index in [-0.39, 0.29) is 0 Å². The van der Waals surface area contributed by atoms with Crippen molar-refractivity contribution in [3.8, 4) is 0 Å². The molecule has 0 aliphatic heterocycles. The van der Waals surface area contributed by atoms with Crippen LogP contribution < -0.4 is 0 Å². The second-order valence-corrected chi connectivity index (χ2v) is 8.67. The van der Waals surface area contributed by atoms with Gasteiger partial charge in [-0.25, -0.2) is 0 Å². The van der Waals surface area contributed by atoms with Crippen molar-refractivity contribution >= 4 is 29.1 Å². The monoisotopic (exact) mass is 371 g/mol. The Labute approximate surface area is 157 Å². The second kappa shape index (κ2) is 12.3.